The van der Waals surface area contributed by atoms with Crippen molar-refractivity contribution in [3.63, 3.8) is 0 Å². The van der Waals surface area contributed by atoms with Gasteiger partial charge in [-0.3, -0.25) is 9.48 Å². The average Bonchev–Trinajstić information content (AvgIpc) is 3.19. The molecule has 0 N–H and O–H groups in total. The monoisotopic (exact) mass is 325 g/mol. The Hall–Kier alpha value is -1.37. The molecule has 1 amide bonds. The van der Waals surface area contributed by atoms with E-state index in [1.807, 2.05) is 16.9 Å². The van der Waals surface area contributed by atoms with E-state index in [0.717, 1.165) is 25.7 Å². The summed E-state index contributed by atoms with van der Waals surface area (Å²) in [5.41, 5.74) is 0. The Bertz CT molecular complexity index is 633. The molecule has 122 valence electrons. The molecule has 7 heteroatoms. The molecule has 1 aromatic heterocycles. The third-order valence-electron chi connectivity index (χ3n) is 5.11. The van der Waals surface area contributed by atoms with Crippen molar-refractivity contribution in [3.05, 3.63) is 18.5 Å². The number of carbonyl (C=O) groups is 1. The van der Waals surface area contributed by atoms with E-state index < -0.39 is 14.6 Å². The largest absolute Gasteiger partial charge is 0.336 e. The number of sulfone groups is 1. The number of hydrogen-bond donors (Lipinski definition) is 0. The summed E-state index contributed by atoms with van der Waals surface area (Å²) in [4.78, 5) is 14.9. The van der Waals surface area contributed by atoms with Gasteiger partial charge in [0.25, 0.3) is 0 Å². The zero-order chi connectivity index (χ0) is 15.8. The van der Waals surface area contributed by atoms with Crippen LogP contribution >= 0.6 is 0 Å². The molecule has 1 aromatic rings. The van der Waals surface area contributed by atoms with E-state index >= 15 is 0 Å². The van der Waals surface area contributed by atoms with Crippen LogP contribution in [0.4, 0.5) is 0 Å². The van der Waals surface area contributed by atoms with E-state index in [1.165, 1.54) is 6.26 Å². The molecule has 22 heavy (non-hydrogen) atoms. The third-order valence-corrected chi connectivity index (χ3v) is 7.11. The Balaban J connectivity index is 1.83. The smallest absolute Gasteiger partial charge is 0.244 e. The quantitative estimate of drug-likeness (QED) is 0.835. The van der Waals surface area contributed by atoms with Crippen LogP contribution in [-0.4, -0.2) is 52.6 Å². The van der Waals surface area contributed by atoms with Crippen molar-refractivity contribution in [2.75, 3.05) is 12.8 Å². The number of aromatic nitrogens is 2. The number of amides is 1. The molecule has 2 aliphatic rings. The normalized spacial score (nSPS) is 24.8. The van der Waals surface area contributed by atoms with E-state index in [9.17, 15) is 13.2 Å². The molecule has 2 fully saturated rings. The molecule has 1 saturated carbocycles. The summed E-state index contributed by atoms with van der Waals surface area (Å²) in [7, 11) is -3.40. The summed E-state index contributed by atoms with van der Waals surface area (Å²) in [5.74, 6) is -0.179. The Morgan fingerprint density at radius 1 is 1.32 bits per heavy atom. The highest BCUT2D eigenvalue weighted by Gasteiger charge is 2.53. The Morgan fingerprint density at radius 2 is 2.05 bits per heavy atom. The highest BCUT2D eigenvalue weighted by atomic mass is 32.2. The summed E-state index contributed by atoms with van der Waals surface area (Å²) < 4.78 is 25.3. The van der Waals surface area contributed by atoms with Crippen molar-refractivity contribution in [2.45, 2.75) is 55.9 Å². The lowest BCUT2D eigenvalue weighted by Gasteiger charge is -2.34. The fraction of sp³-hybridized carbons (Fsp3) is 0.733. The Labute approximate surface area is 131 Å². The molecule has 0 spiro atoms. The van der Waals surface area contributed by atoms with Crippen LogP contribution < -0.4 is 0 Å². The van der Waals surface area contributed by atoms with Gasteiger partial charge in [-0.2, -0.15) is 5.10 Å². The second kappa shape index (κ2) is 5.68. The molecule has 1 aliphatic carbocycles. The van der Waals surface area contributed by atoms with Crippen LogP contribution in [0.25, 0.3) is 0 Å². The van der Waals surface area contributed by atoms with Crippen molar-refractivity contribution in [1.82, 2.24) is 14.7 Å². The summed E-state index contributed by atoms with van der Waals surface area (Å²) in [6.07, 6.45) is 9.22. The zero-order valence-electron chi connectivity index (χ0n) is 12.9. The summed E-state index contributed by atoms with van der Waals surface area (Å²) >= 11 is 0. The van der Waals surface area contributed by atoms with Crippen LogP contribution in [0, 0.1) is 0 Å². The van der Waals surface area contributed by atoms with Gasteiger partial charge in [-0.25, -0.2) is 8.42 Å². The van der Waals surface area contributed by atoms with Gasteiger partial charge in [0.2, 0.25) is 5.91 Å². The summed E-state index contributed by atoms with van der Waals surface area (Å²) in [6, 6.07) is 1.91. The van der Waals surface area contributed by atoms with Crippen molar-refractivity contribution in [3.8, 4) is 0 Å². The van der Waals surface area contributed by atoms with Gasteiger partial charge in [0.05, 0.1) is 12.6 Å². The predicted molar refractivity (Wildman–Crippen MR) is 83.0 cm³/mol. The molecule has 6 nitrogen and oxygen atoms in total. The van der Waals surface area contributed by atoms with Gasteiger partial charge in [0.1, 0.15) is 0 Å². The van der Waals surface area contributed by atoms with Crippen LogP contribution in [0.2, 0.25) is 0 Å². The molecule has 3 rings (SSSR count). The van der Waals surface area contributed by atoms with Crippen LogP contribution in [0.15, 0.2) is 18.5 Å². The third kappa shape index (κ3) is 2.55. The molecule has 0 aromatic carbocycles. The lowest BCUT2D eigenvalue weighted by molar-refractivity contribution is -0.135. The summed E-state index contributed by atoms with van der Waals surface area (Å²) in [5, 5.41) is 4.20. The van der Waals surface area contributed by atoms with Crippen LogP contribution in [-0.2, 0) is 21.2 Å². The standard InChI is InChI=1S/C15H23N3O3S/c1-22(20,21)15(7-2-3-8-15)14(19)18-11-4-6-13(18)12-17-10-5-9-16-17/h5,9-10,13H,2-4,6-8,11-12H2,1H3. The maximum absolute atomic E-state index is 13.1. The fourth-order valence-electron chi connectivity index (χ4n) is 3.87. The van der Waals surface area contributed by atoms with Gasteiger partial charge < -0.3 is 4.90 Å². The second-order valence-corrected chi connectivity index (χ2v) is 8.82. The van der Waals surface area contributed by atoms with Crippen LogP contribution in [0.5, 0.6) is 0 Å². The molecule has 0 radical (unpaired) electrons. The predicted octanol–water partition coefficient (Wildman–Crippen LogP) is 1.23. The number of carbonyl (C=O) groups excluding carboxylic acids is 1. The van der Waals surface area contributed by atoms with Crippen molar-refractivity contribution < 1.29 is 13.2 Å². The molecule has 0 bridgehead atoms. The van der Waals surface area contributed by atoms with Gasteiger partial charge in [0, 0.05) is 25.2 Å². The van der Waals surface area contributed by atoms with Crippen molar-refractivity contribution >= 4 is 15.7 Å². The topological polar surface area (TPSA) is 72.3 Å². The average molecular weight is 325 g/mol. The highest BCUT2D eigenvalue weighted by molar-refractivity contribution is 7.92. The Kier molecular flexibility index (Phi) is 4.01. The maximum Gasteiger partial charge on any atom is 0.244 e. The lowest BCUT2D eigenvalue weighted by atomic mass is 10.0. The molecule has 1 unspecified atom stereocenters. The highest BCUT2D eigenvalue weighted by Crippen LogP contribution is 2.39. The van der Waals surface area contributed by atoms with Gasteiger partial charge in [0.15, 0.2) is 14.6 Å². The molecule has 1 saturated heterocycles. The first-order valence-corrected chi connectivity index (χ1v) is 9.81. The van der Waals surface area contributed by atoms with Gasteiger partial charge in [-0.15, -0.1) is 0 Å². The second-order valence-electron chi connectivity index (χ2n) is 6.50. The van der Waals surface area contributed by atoms with E-state index in [1.54, 1.807) is 11.1 Å². The molecule has 2 heterocycles. The minimum absolute atomic E-state index is 0.0478. The number of hydrogen-bond acceptors (Lipinski definition) is 4. The van der Waals surface area contributed by atoms with Gasteiger partial charge >= 0.3 is 0 Å². The van der Waals surface area contributed by atoms with Gasteiger partial charge in [-0.05, 0) is 31.7 Å². The van der Waals surface area contributed by atoms with Gasteiger partial charge in [-0.1, -0.05) is 12.8 Å². The SMILES string of the molecule is CS(=O)(=O)C1(C(=O)N2CCCC2Cn2cccn2)CCCC1. The Morgan fingerprint density at radius 3 is 2.64 bits per heavy atom. The van der Waals surface area contributed by atoms with Crippen LogP contribution in [0.1, 0.15) is 38.5 Å². The number of likely N-dealkylation sites (tertiary alicyclic amines) is 1. The molecule has 1 atom stereocenters. The van der Waals surface area contributed by atoms with E-state index in [4.69, 9.17) is 0 Å². The number of rotatable bonds is 4. The minimum Gasteiger partial charge on any atom is -0.336 e. The van der Waals surface area contributed by atoms with E-state index in [-0.39, 0.29) is 11.9 Å². The lowest BCUT2D eigenvalue weighted by Crippen LogP contribution is -2.54. The summed E-state index contributed by atoms with van der Waals surface area (Å²) in [6.45, 7) is 1.29. The van der Waals surface area contributed by atoms with Crippen LogP contribution in [0.3, 0.4) is 0 Å². The zero-order valence-corrected chi connectivity index (χ0v) is 13.8. The maximum atomic E-state index is 13.1. The molecular formula is C15H23N3O3S. The van der Waals surface area contributed by atoms with E-state index in [0.29, 0.717) is 25.9 Å². The first kappa shape index (κ1) is 15.5. The fourth-order valence-corrected chi connectivity index (χ4v) is 5.33. The van der Waals surface area contributed by atoms with Crippen molar-refractivity contribution in [2.24, 2.45) is 0 Å². The van der Waals surface area contributed by atoms with Crippen molar-refractivity contribution in [1.29, 1.82) is 0 Å². The first-order chi connectivity index (χ1) is 10.4. The minimum atomic E-state index is -3.40. The molecular weight excluding hydrogens is 302 g/mol. The number of nitrogens with zero attached hydrogens (tertiary/aromatic N) is 3. The van der Waals surface area contributed by atoms with E-state index in [2.05, 4.69) is 5.10 Å². The first-order valence-electron chi connectivity index (χ1n) is 7.92. The molecule has 1 aliphatic heterocycles.